The molecule has 0 aromatic heterocycles. The quantitative estimate of drug-likeness (QED) is 0.768. The third-order valence-electron chi connectivity index (χ3n) is 5.20. The van der Waals surface area contributed by atoms with Crippen LogP contribution in [0, 0.1) is 11.7 Å². The molecule has 0 spiro atoms. The Morgan fingerprint density at radius 3 is 2.41 bits per heavy atom. The van der Waals surface area contributed by atoms with Crippen molar-refractivity contribution < 1.29 is 4.39 Å². The highest BCUT2D eigenvalue weighted by molar-refractivity contribution is 5.21. The molecule has 1 atom stereocenters. The molecule has 2 fully saturated rings. The van der Waals surface area contributed by atoms with Crippen molar-refractivity contribution in [2.24, 2.45) is 5.92 Å². The molecule has 0 saturated carbocycles. The molecule has 22 heavy (non-hydrogen) atoms. The van der Waals surface area contributed by atoms with Crippen molar-refractivity contribution >= 4 is 0 Å². The SMILES string of the molecule is C=CCN1CCC(CN2CCC(c3ccc(F)cc3)CC2)C1. The van der Waals surface area contributed by atoms with Crippen LogP contribution in [0.15, 0.2) is 36.9 Å². The zero-order chi connectivity index (χ0) is 15.4. The van der Waals surface area contributed by atoms with Crippen molar-refractivity contribution in [3.8, 4) is 0 Å². The second-order valence-corrected chi connectivity index (χ2v) is 6.83. The molecular formula is C19H27FN2. The average molecular weight is 302 g/mol. The number of piperidine rings is 1. The molecule has 120 valence electrons. The predicted octanol–water partition coefficient (Wildman–Crippen LogP) is 3.51. The molecule has 0 N–H and O–H groups in total. The minimum absolute atomic E-state index is 0.133. The maximum absolute atomic E-state index is 13.0. The van der Waals surface area contributed by atoms with Crippen LogP contribution in [0.1, 0.15) is 30.7 Å². The molecule has 0 radical (unpaired) electrons. The molecule has 2 saturated heterocycles. The number of likely N-dealkylation sites (tertiary alicyclic amines) is 2. The molecule has 3 rings (SSSR count). The Labute approximate surface area is 133 Å². The van der Waals surface area contributed by atoms with E-state index in [4.69, 9.17) is 0 Å². The maximum Gasteiger partial charge on any atom is 0.123 e. The molecule has 3 heteroatoms. The Kier molecular flexibility index (Phi) is 5.27. The summed E-state index contributed by atoms with van der Waals surface area (Å²) in [6, 6.07) is 7.10. The summed E-state index contributed by atoms with van der Waals surface area (Å²) < 4.78 is 13.0. The molecule has 2 aliphatic rings. The molecule has 0 aliphatic carbocycles. The van der Waals surface area contributed by atoms with E-state index in [1.54, 1.807) is 12.1 Å². The lowest BCUT2D eigenvalue weighted by molar-refractivity contribution is 0.182. The van der Waals surface area contributed by atoms with Crippen LogP contribution in [-0.4, -0.2) is 49.1 Å². The van der Waals surface area contributed by atoms with E-state index in [0.29, 0.717) is 5.92 Å². The van der Waals surface area contributed by atoms with Gasteiger partial charge >= 0.3 is 0 Å². The molecule has 2 nitrogen and oxygen atoms in total. The smallest absolute Gasteiger partial charge is 0.123 e. The highest BCUT2D eigenvalue weighted by Gasteiger charge is 2.26. The van der Waals surface area contributed by atoms with Gasteiger partial charge < -0.3 is 4.90 Å². The van der Waals surface area contributed by atoms with Crippen molar-refractivity contribution in [3.63, 3.8) is 0 Å². The van der Waals surface area contributed by atoms with Gasteiger partial charge in [-0.25, -0.2) is 4.39 Å². The van der Waals surface area contributed by atoms with Gasteiger partial charge in [-0.3, -0.25) is 4.90 Å². The monoisotopic (exact) mass is 302 g/mol. The van der Waals surface area contributed by atoms with Crippen LogP contribution < -0.4 is 0 Å². The van der Waals surface area contributed by atoms with Gasteiger partial charge in [-0.1, -0.05) is 18.2 Å². The van der Waals surface area contributed by atoms with E-state index in [9.17, 15) is 4.39 Å². The van der Waals surface area contributed by atoms with Gasteiger partial charge in [0.15, 0.2) is 0 Å². The first-order valence-corrected chi connectivity index (χ1v) is 8.55. The van der Waals surface area contributed by atoms with E-state index in [0.717, 1.165) is 12.5 Å². The second-order valence-electron chi connectivity index (χ2n) is 6.83. The fraction of sp³-hybridized carbons (Fsp3) is 0.579. The van der Waals surface area contributed by atoms with Gasteiger partial charge in [-0.05, 0) is 68.4 Å². The van der Waals surface area contributed by atoms with Crippen molar-refractivity contribution in [2.75, 3.05) is 39.3 Å². The fourth-order valence-corrected chi connectivity index (χ4v) is 3.96. The van der Waals surface area contributed by atoms with E-state index in [-0.39, 0.29) is 5.82 Å². The Morgan fingerprint density at radius 2 is 1.73 bits per heavy atom. The van der Waals surface area contributed by atoms with Crippen molar-refractivity contribution in [1.29, 1.82) is 0 Å². The number of benzene rings is 1. The summed E-state index contributed by atoms with van der Waals surface area (Å²) in [4.78, 5) is 5.13. The molecule has 0 bridgehead atoms. The van der Waals surface area contributed by atoms with Crippen molar-refractivity contribution in [3.05, 3.63) is 48.3 Å². The zero-order valence-corrected chi connectivity index (χ0v) is 13.4. The number of hydrogen-bond donors (Lipinski definition) is 0. The molecule has 1 aromatic rings. The predicted molar refractivity (Wildman–Crippen MR) is 89.6 cm³/mol. The first-order valence-electron chi connectivity index (χ1n) is 8.55. The van der Waals surface area contributed by atoms with Crippen LogP contribution in [0.4, 0.5) is 4.39 Å². The van der Waals surface area contributed by atoms with Gasteiger partial charge in [-0.15, -0.1) is 6.58 Å². The molecular weight excluding hydrogens is 275 g/mol. The van der Waals surface area contributed by atoms with Gasteiger partial charge in [-0.2, -0.15) is 0 Å². The first-order chi connectivity index (χ1) is 10.7. The van der Waals surface area contributed by atoms with Gasteiger partial charge in [0.1, 0.15) is 5.82 Å². The largest absolute Gasteiger partial charge is 0.303 e. The molecule has 1 unspecified atom stereocenters. The Morgan fingerprint density at radius 1 is 1.05 bits per heavy atom. The van der Waals surface area contributed by atoms with E-state index < -0.39 is 0 Å². The average Bonchev–Trinajstić information content (AvgIpc) is 2.97. The lowest BCUT2D eigenvalue weighted by Gasteiger charge is -2.33. The van der Waals surface area contributed by atoms with Crippen molar-refractivity contribution in [2.45, 2.75) is 25.2 Å². The van der Waals surface area contributed by atoms with Gasteiger partial charge in [0.25, 0.3) is 0 Å². The summed E-state index contributed by atoms with van der Waals surface area (Å²) in [6.45, 7) is 10.9. The topological polar surface area (TPSA) is 6.48 Å². The van der Waals surface area contributed by atoms with Crippen LogP contribution in [0.25, 0.3) is 0 Å². The lowest BCUT2D eigenvalue weighted by atomic mass is 9.89. The summed E-state index contributed by atoms with van der Waals surface area (Å²) >= 11 is 0. The van der Waals surface area contributed by atoms with Gasteiger partial charge in [0.2, 0.25) is 0 Å². The third kappa shape index (κ3) is 3.96. The number of rotatable bonds is 5. The van der Waals surface area contributed by atoms with Crippen LogP contribution in [0.5, 0.6) is 0 Å². The van der Waals surface area contributed by atoms with Crippen LogP contribution in [0.3, 0.4) is 0 Å². The van der Waals surface area contributed by atoms with E-state index in [1.165, 1.54) is 57.5 Å². The molecule has 2 aliphatic heterocycles. The molecule has 1 aromatic carbocycles. The normalized spacial score (nSPS) is 24.7. The lowest BCUT2D eigenvalue weighted by Crippen LogP contribution is -2.37. The first kappa shape index (κ1) is 15.7. The highest BCUT2D eigenvalue weighted by atomic mass is 19.1. The highest BCUT2D eigenvalue weighted by Crippen LogP contribution is 2.29. The zero-order valence-electron chi connectivity index (χ0n) is 13.4. The number of nitrogens with zero attached hydrogens (tertiary/aromatic N) is 2. The minimum atomic E-state index is -0.133. The van der Waals surface area contributed by atoms with Gasteiger partial charge in [0, 0.05) is 19.6 Å². The summed E-state index contributed by atoms with van der Waals surface area (Å²) in [5, 5.41) is 0. The molecule has 2 heterocycles. The van der Waals surface area contributed by atoms with Crippen molar-refractivity contribution in [1.82, 2.24) is 9.80 Å². The summed E-state index contributed by atoms with van der Waals surface area (Å²) in [7, 11) is 0. The number of hydrogen-bond acceptors (Lipinski definition) is 2. The molecule has 0 amide bonds. The van der Waals surface area contributed by atoms with Gasteiger partial charge in [0.05, 0.1) is 0 Å². The van der Waals surface area contributed by atoms with Crippen LogP contribution in [0.2, 0.25) is 0 Å². The Bertz CT molecular complexity index is 477. The van der Waals surface area contributed by atoms with E-state index in [1.807, 2.05) is 18.2 Å². The van der Waals surface area contributed by atoms with E-state index >= 15 is 0 Å². The maximum atomic E-state index is 13.0. The number of halogens is 1. The summed E-state index contributed by atoms with van der Waals surface area (Å²) in [5.74, 6) is 1.30. The second kappa shape index (κ2) is 7.38. The fourth-order valence-electron chi connectivity index (χ4n) is 3.96. The summed E-state index contributed by atoms with van der Waals surface area (Å²) in [6.07, 6.45) is 5.74. The van der Waals surface area contributed by atoms with E-state index in [2.05, 4.69) is 16.4 Å². The standard InChI is InChI=1S/C19H27FN2/c1-2-10-21-11-7-16(14-21)15-22-12-8-18(9-13-22)17-3-5-19(20)6-4-17/h2-6,16,18H,1,7-15H2. The van der Waals surface area contributed by atoms with Crippen LogP contribution >= 0.6 is 0 Å². The minimum Gasteiger partial charge on any atom is -0.303 e. The van der Waals surface area contributed by atoms with Crippen LogP contribution in [-0.2, 0) is 0 Å². The Balaban J connectivity index is 1.44. The third-order valence-corrected chi connectivity index (χ3v) is 5.20. The Hall–Kier alpha value is -1.19. The summed E-state index contributed by atoms with van der Waals surface area (Å²) in [5.41, 5.74) is 1.30.